The van der Waals surface area contributed by atoms with Crippen LogP contribution < -0.4 is 0 Å². The van der Waals surface area contributed by atoms with Crippen LogP contribution in [-0.2, 0) is 14.4 Å². The van der Waals surface area contributed by atoms with Gasteiger partial charge in [0.1, 0.15) is 6.04 Å². The molecule has 1 saturated heterocycles. The van der Waals surface area contributed by atoms with Crippen LogP contribution in [0.2, 0.25) is 0 Å². The molecule has 1 aliphatic carbocycles. The molecule has 0 radical (unpaired) electrons. The van der Waals surface area contributed by atoms with Gasteiger partial charge in [0.15, 0.2) is 5.78 Å². The summed E-state index contributed by atoms with van der Waals surface area (Å²) in [6.07, 6.45) is 1.49. The van der Waals surface area contributed by atoms with Crippen LogP contribution in [0.5, 0.6) is 0 Å². The van der Waals surface area contributed by atoms with Crippen molar-refractivity contribution in [2.24, 2.45) is 5.41 Å². The molecule has 25 heavy (non-hydrogen) atoms. The van der Waals surface area contributed by atoms with E-state index in [9.17, 15) is 14.4 Å². The predicted molar refractivity (Wildman–Crippen MR) is 91.9 cm³/mol. The number of hydrogen-bond donors (Lipinski definition) is 0. The number of Topliss-reactive ketones (excluding diaryl/α,β-unsaturated/α-hetero) is 1. The lowest BCUT2D eigenvalue weighted by atomic mass is 9.74. The summed E-state index contributed by atoms with van der Waals surface area (Å²) in [5.41, 5.74) is 3.16. The van der Waals surface area contributed by atoms with Gasteiger partial charge in [-0.15, -0.1) is 0 Å². The molecule has 130 valence electrons. The molecule has 0 N–H and O–H groups in total. The normalized spacial score (nSPS) is 25.4. The Morgan fingerprint density at radius 3 is 2.28 bits per heavy atom. The predicted octanol–water partition coefficient (Wildman–Crippen LogP) is 3.06. The minimum atomic E-state index is -0.476. The number of aryl methyl sites for hydroxylation is 1. The van der Waals surface area contributed by atoms with E-state index >= 15 is 0 Å². The highest BCUT2D eigenvalue weighted by Crippen LogP contribution is 2.50. The standard InChI is InChI=1S/C20H22N2O3/c1-12-4-6-13(7-5-12)19-18-14(10-20(2,3)11-15(18)23)21-16(24)8-9-17(25)22(19)21/h4-7,19H,8-11H2,1-3H3. The Kier molecular flexibility index (Phi) is 3.39. The molecule has 0 saturated carbocycles. The Hall–Kier alpha value is -2.43. The third-order valence-corrected chi connectivity index (χ3v) is 5.32. The number of nitrogens with zero attached hydrogens (tertiary/aromatic N) is 2. The second kappa shape index (κ2) is 5.28. The van der Waals surface area contributed by atoms with E-state index in [1.54, 1.807) is 0 Å². The Balaban J connectivity index is 1.90. The van der Waals surface area contributed by atoms with Gasteiger partial charge in [0.2, 0.25) is 11.8 Å². The number of amides is 2. The van der Waals surface area contributed by atoms with E-state index in [4.69, 9.17) is 0 Å². The van der Waals surface area contributed by atoms with E-state index in [0.717, 1.165) is 16.8 Å². The van der Waals surface area contributed by atoms with Crippen molar-refractivity contribution in [3.8, 4) is 0 Å². The van der Waals surface area contributed by atoms with E-state index in [1.165, 1.54) is 10.0 Å². The Morgan fingerprint density at radius 2 is 1.60 bits per heavy atom. The minimum absolute atomic E-state index is 0.0480. The summed E-state index contributed by atoms with van der Waals surface area (Å²) in [6, 6.07) is 7.38. The summed E-state index contributed by atoms with van der Waals surface area (Å²) in [7, 11) is 0. The van der Waals surface area contributed by atoms with Crippen LogP contribution in [-0.4, -0.2) is 27.6 Å². The lowest BCUT2D eigenvalue weighted by Crippen LogP contribution is -2.50. The fourth-order valence-electron chi connectivity index (χ4n) is 4.19. The summed E-state index contributed by atoms with van der Waals surface area (Å²) in [5.74, 6) is -0.135. The van der Waals surface area contributed by atoms with Crippen molar-refractivity contribution >= 4 is 17.6 Å². The quantitative estimate of drug-likeness (QED) is 0.791. The van der Waals surface area contributed by atoms with Crippen molar-refractivity contribution in [1.82, 2.24) is 10.0 Å². The molecule has 5 nitrogen and oxygen atoms in total. The van der Waals surface area contributed by atoms with Gasteiger partial charge in [-0.1, -0.05) is 43.7 Å². The minimum Gasteiger partial charge on any atom is -0.294 e. The maximum Gasteiger partial charge on any atom is 0.246 e. The summed E-state index contributed by atoms with van der Waals surface area (Å²) < 4.78 is 0. The fraction of sp³-hybridized carbons (Fsp3) is 0.450. The highest BCUT2D eigenvalue weighted by atomic mass is 16.2. The van der Waals surface area contributed by atoms with Gasteiger partial charge in [0.25, 0.3) is 0 Å². The number of benzene rings is 1. The number of carbonyl (C=O) groups is 3. The number of carbonyl (C=O) groups excluding carboxylic acids is 3. The molecule has 2 amide bonds. The third-order valence-electron chi connectivity index (χ3n) is 5.32. The molecule has 2 aliphatic heterocycles. The third kappa shape index (κ3) is 2.41. The SMILES string of the molecule is Cc1ccc(C2C3=C(CC(C)(C)CC3=O)N3C(=O)CCC(=O)N23)cc1. The van der Waals surface area contributed by atoms with Crippen LogP contribution in [0.1, 0.15) is 56.7 Å². The molecule has 5 heteroatoms. The van der Waals surface area contributed by atoms with Gasteiger partial charge in [0, 0.05) is 24.8 Å². The van der Waals surface area contributed by atoms with Crippen LogP contribution >= 0.6 is 0 Å². The van der Waals surface area contributed by atoms with Gasteiger partial charge >= 0.3 is 0 Å². The van der Waals surface area contributed by atoms with Gasteiger partial charge in [-0.3, -0.25) is 14.4 Å². The number of ketones is 1. The first-order valence-electron chi connectivity index (χ1n) is 8.76. The summed E-state index contributed by atoms with van der Waals surface area (Å²) in [4.78, 5) is 38.3. The van der Waals surface area contributed by atoms with Crippen molar-refractivity contribution < 1.29 is 14.4 Å². The maximum absolute atomic E-state index is 13.0. The molecule has 0 bridgehead atoms. The first kappa shape index (κ1) is 16.1. The molecule has 2 heterocycles. The van der Waals surface area contributed by atoms with Gasteiger partial charge in [-0.25, -0.2) is 10.0 Å². The molecule has 4 rings (SSSR count). The number of fused-ring (bicyclic) bond motifs is 2. The number of allylic oxidation sites excluding steroid dienone is 1. The zero-order valence-electron chi connectivity index (χ0n) is 14.8. The average Bonchev–Trinajstić information content (AvgIpc) is 2.87. The largest absolute Gasteiger partial charge is 0.294 e. The van der Waals surface area contributed by atoms with E-state index < -0.39 is 6.04 Å². The van der Waals surface area contributed by atoms with Crippen molar-refractivity contribution in [3.05, 3.63) is 46.7 Å². The van der Waals surface area contributed by atoms with E-state index in [1.807, 2.05) is 45.0 Å². The van der Waals surface area contributed by atoms with Crippen LogP contribution in [0.4, 0.5) is 0 Å². The number of hydrogen-bond acceptors (Lipinski definition) is 3. The van der Waals surface area contributed by atoms with Gasteiger partial charge < -0.3 is 0 Å². The smallest absolute Gasteiger partial charge is 0.246 e. The second-order valence-electron chi connectivity index (χ2n) is 8.06. The lowest BCUT2D eigenvalue weighted by molar-refractivity contribution is -0.167. The summed E-state index contributed by atoms with van der Waals surface area (Å²) in [5, 5.41) is 3.03. The highest BCUT2D eigenvalue weighted by molar-refractivity contribution is 6.03. The van der Waals surface area contributed by atoms with Crippen molar-refractivity contribution in [2.75, 3.05) is 0 Å². The van der Waals surface area contributed by atoms with E-state index in [2.05, 4.69) is 0 Å². The first-order valence-corrected chi connectivity index (χ1v) is 8.76. The molecule has 1 aromatic carbocycles. The Morgan fingerprint density at radius 1 is 0.960 bits per heavy atom. The molecule has 1 atom stereocenters. The molecule has 1 aromatic rings. The van der Waals surface area contributed by atoms with Crippen molar-refractivity contribution in [1.29, 1.82) is 0 Å². The maximum atomic E-state index is 13.0. The molecule has 1 unspecified atom stereocenters. The van der Waals surface area contributed by atoms with Crippen LogP contribution in [0.25, 0.3) is 0 Å². The van der Waals surface area contributed by atoms with Crippen molar-refractivity contribution in [2.45, 2.75) is 52.5 Å². The van der Waals surface area contributed by atoms with Crippen molar-refractivity contribution in [3.63, 3.8) is 0 Å². The molecule has 1 fully saturated rings. The summed E-state index contributed by atoms with van der Waals surface area (Å²) in [6.45, 7) is 6.07. The monoisotopic (exact) mass is 338 g/mol. The molecule has 0 aromatic heterocycles. The van der Waals surface area contributed by atoms with Gasteiger partial charge in [-0.2, -0.15) is 0 Å². The van der Waals surface area contributed by atoms with Gasteiger partial charge in [0.05, 0.1) is 5.70 Å². The molecule has 0 spiro atoms. The zero-order chi connectivity index (χ0) is 17.9. The topological polar surface area (TPSA) is 57.7 Å². The van der Waals surface area contributed by atoms with E-state index in [-0.39, 0.29) is 35.9 Å². The summed E-state index contributed by atoms with van der Waals surface area (Å²) >= 11 is 0. The zero-order valence-corrected chi connectivity index (χ0v) is 14.8. The van der Waals surface area contributed by atoms with Crippen LogP contribution in [0.15, 0.2) is 35.5 Å². The highest BCUT2D eigenvalue weighted by Gasteiger charge is 2.52. The number of hydrazine groups is 1. The second-order valence-corrected chi connectivity index (χ2v) is 8.06. The Labute approximate surface area is 147 Å². The lowest BCUT2D eigenvalue weighted by Gasteiger charge is -2.38. The number of rotatable bonds is 1. The van der Waals surface area contributed by atoms with E-state index in [0.29, 0.717) is 18.4 Å². The van der Waals surface area contributed by atoms with Crippen LogP contribution in [0, 0.1) is 12.3 Å². The Bertz CT molecular complexity index is 820. The fourth-order valence-corrected chi connectivity index (χ4v) is 4.19. The van der Waals surface area contributed by atoms with Gasteiger partial charge in [-0.05, 0) is 24.3 Å². The van der Waals surface area contributed by atoms with Crippen LogP contribution in [0.3, 0.4) is 0 Å². The average molecular weight is 338 g/mol. The first-order chi connectivity index (χ1) is 11.8. The molecular weight excluding hydrogens is 316 g/mol. The molecule has 3 aliphatic rings. The molecular formula is C20H22N2O3.